The summed E-state index contributed by atoms with van der Waals surface area (Å²) in [5.74, 6) is 1.01. The fourth-order valence-electron chi connectivity index (χ4n) is 4.08. The highest BCUT2D eigenvalue weighted by Crippen LogP contribution is 2.23. The van der Waals surface area contributed by atoms with Gasteiger partial charge in [0.1, 0.15) is 30.4 Å². The molecule has 0 aliphatic carbocycles. The molecule has 37 heavy (non-hydrogen) atoms. The summed E-state index contributed by atoms with van der Waals surface area (Å²) in [6, 6.07) is 24.4. The van der Waals surface area contributed by atoms with Gasteiger partial charge in [-0.3, -0.25) is 9.78 Å². The van der Waals surface area contributed by atoms with Crippen LogP contribution in [0.2, 0.25) is 0 Å². The summed E-state index contributed by atoms with van der Waals surface area (Å²) in [6.07, 6.45) is 5.64. The normalized spacial score (nSPS) is 11.7. The van der Waals surface area contributed by atoms with Crippen molar-refractivity contribution in [3.63, 3.8) is 0 Å². The molecule has 7 heteroatoms. The van der Waals surface area contributed by atoms with Crippen LogP contribution in [0.5, 0.6) is 11.5 Å². The molecule has 0 aliphatic rings. The van der Waals surface area contributed by atoms with E-state index >= 15 is 0 Å². The Hall–Kier alpha value is -4.65. The summed E-state index contributed by atoms with van der Waals surface area (Å²) in [4.78, 5) is 22.1. The zero-order valence-corrected chi connectivity index (χ0v) is 20.8. The highest BCUT2D eigenvalue weighted by molar-refractivity contribution is 5.97. The molecule has 186 valence electrons. The average Bonchev–Trinajstić information content (AvgIpc) is 3.36. The van der Waals surface area contributed by atoms with Gasteiger partial charge in [-0.05, 0) is 67.4 Å². The fraction of sp³-hybridized carbons (Fsp3) is 0.167. The lowest BCUT2D eigenvalue weighted by Gasteiger charge is -2.17. The molecule has 0 saturated carbocycles. The first-order chi connectivity index (χ1) is 18.1. The topological polar surface area (TPSA) is 77.8 Å². The van der Waals surface area contributed by atoms with Crippen LogP contribution in [-0.4, -0.2) is 20.3 Å². The Kier molecular flexibility index (Phi) is 7.12. The van der Waals surface area contributed by atoms with Gasteiger partial charge in [0.2, 0.25) is 0 Å². The second kappa shape index (κ2) is 11.0. The van der Waals surface area contributed by atoms with Crippen LogP contribution in [-0.2, 0) is 13.2 Å². The molecule has 2 aromatic carbocycles. The molecule has 0 radical (unpaired) electrons. The minimum absolute atomic E-state index is 0.214. The molecule has 0 spiro atoms. The van der Waals surface area contributed by atoms with E-state index in [-0.39, 0.29) is 18.6 Å². The van der Waals surface area contributed by atoms with E-state index in [9.17, 15) is 4.79 Å². The Labute approximate surface area is 215 Å². The number of nitrogens with zero attached hydrogens (tertiary/aromatic N) is 3. The van der Waals surface area contributed by atoms with Gasteiger partial charge in [-0.25, -0.2) is 4.98 Å². The number of hydrogen-bond donors (Lipinski definition) is 1. The minimum Gasteiger partial charge on any atom is -0.487 e. The third kappa shape index (κ3) is 5.78. The molecule has 5 rings (SSSR count). The number of carbonyl (C=O) groups excluding carboxylic acids is 1. The van der Waals surface area contributed by atoms with Gasteiger partial charge in [-0.15, -0.1) is 0 Å². The molecular weight excluding hydrogens is 464 g/mol. The third-order valence-corrected chi connectivity index (χ3v) is 6.05. The van der Waals surface area contributed by atoms with Crippen molar-refractivity contribution in [2.24, 2.45) is 0 Å². The van der Waals surface area contributed by atoms with Crippen molar-refractivity contribution in [1.82, 2.24) is 19.7 Å². The van der Waals surface area contributed by atoms with Crippen LogP contribution >= 0.6 is 0 Å². The van der Waals surface area contributed by atoms with Crippen LogP contribution in [0.4, 0.5) is 0 Å². The Balaban J connectivity index is 1.24. The number of fused-ring (bicyclic) bond motifs is 1. The van der Waals surface area contributed by atoms with Gasteiger partial charge < -0.3 is 19.2 Å². The first-order valence-corrected chi connectivity index (χ1v) is 12.2. The molecular formula is C30H28N4O3. The van der Waals surface area contributed by atoms with Gasteiger partial charge in [0.25, 0.3) is 5.91 Å². The van der Waals surface area contributed by atoms with Crippen molar-refractivity contribution in [3.05, 3.63) is 126 Å². The zero-order valence-electron chi connectivity index (χ0n) is 20.8. The minimum atomic E-state index is -0.236. The molecule has 0 saturated heterocycles. The summed E-state index contributed by atoms with van der Waals surface area (Å²) in [5, 5.41) is 3.07. The Bertz CT molecular complexity index is 1510. The fourth-order valence-corrected chi connectivity index (χ4v) is 4.08. The molecule has 0 fully saturated rings. The molecule has 3 heterocycles. The zero-order chi connectivity index (χ0) is 25.6. The van der Waals surface area contributed by atoms with Crippen LogP contribution in [0.3, 0.4) is 0 Å². The molecule has 0 bridgehead atoms. The summed E-state index contributed by atoms with van der Waals surface area (Å²) in [6.45, 7) is 4.60. The van der Waals surface area contributed by atoms with E-state index in [1.54, 1.807) is 18.3 Å². The molecule has 1 atom stereocenters. The lowest BCUT2D eigenvalue weighted by molar-refractivity contribution is 0.0935. The van der Waals surface area contributed by atoms with Crippen LogP contribution in [0.15, 0.2) is 97.5 Å². The van der Waals surface area contributed by atoms with Gasteiger partial charge >= 0.3 is 0 Å². The smallest absolute Gasteiger partial charge is 0.255 e. The van der Waals surface area contributed by atoms with E-state index in [1.807, 2.05) is 97.4 Å². The average molecular weight is 493 g/mol. The predicted octanol–water partition coefficient (Wildman–Crippen LogP) is 5.69. The number of hydrogen-bond acceptors (Lipinski definition) is 5. The maximum Gasteiger partial charge on any atom is 0.255 e. The molecule has 3 aromatic heterocycles. The van der Waals surface area contributed by atoms with Gasteiger partial charge in [0.15, 0.2) is 0 Å². The monoisotopic (exact) mass is 492 g/mol. The Morgan fingerprint density at radius 2 is 1.78 bits per heavy atom. The van der Waals surface area contributed by atoms with Gasteiger partial charge in [-0.2, -0.15) is 0 Å². The van der Waals surface area contributed by atoms with Crippen molar-refractivity contribution in [1.29, 1.82) is 0 Å². The molecule has 1 unspecified atom stereocenters. The first-order valence-electron chi connectivity index (χ1n) is 12.2. The molecule has 7 nitrogen and oxygen atoms in total. The van der Waals surface area contributed by atoms with Gasteiger partial charge in [0, 0.05) is 18.6 Å². The van der Waals surface area contributed by atoms with Crippen LogP contribution in [0.1, 0.15) is 45.8 Å². The first kappa shape index (κ1) is 24.1. The van der Waals surface area contributed by atoms with E-state index < -0.39 is 0 Å². The van der Waals surface area contributed by atoms with E-state index in [2.05, 4.69) is 15.3 Å². The lowest BCUT2D eigenvalue weighted by Crippen LogP contribution is -2.27. The predicted molar refractivity (Wildman–Crippen MR) is 142 cm³/mol. The summed E-state index contributed by atoms with van der Waals surface area (Å²) < 4.78 is 13.9. The van der Waals surface area contributed by atoms with E-state index in [0.29, 0.717) is 17.9 Å². The maximum absolute atomic E-state index is 13.2. The summed E-state index contributed by atoms with van der Waals surface area (Å²) >= 11 is 0. The highest BCUT2D eigenvalue weighted by atomic mass is 16.5. The van der Waals surface area contributed by atoms with E-state index in [0.717, 1.165) is 33.9 Å². The van der Waals surface area contributed by atoms with E-state index in [4.69, 9.17) is 9.47 Å². The number of para-hydroxylation sites is 1. The van der Waals surface area contributed by atoms with Gasteiger partial charge in [0.05, 0.1) is 23.0 Å². The number of carbonyl (C=O) groups is 1. The maximum atomic E-state index is 13.2. The van der Waals surface area contributed by atoms with Crippen LogP contribution < -0.4 is 14.8 Å². The van der Waals surface area contributed by atoms with E-state index in [1.165, 1.54) is 0 Å². The lowest BCUT2D eigenvalue weighted by atomic mass is 10.1. The number of aryl methyl sites for hydroxylation is 1. The van der Waals surface area contributed by atoms with Gasteiger partial charge in [-0.1, -0.05) is 36.4 Å². The molecule has 1 N–H and O–H groups in total. The molecule has 1 amide bonds. The molecule has 0 aliphatic heterocycles. The highest BCUT2D eigenvalue weighted by Gasteiger charge is 2.17. The number of rotatable bonds is 9. The van der Waals surface area contributed by atoms with Crippen molar-refractivity contribution < 1.29 is 14.3 Å². The Morgan fingerprint density at radius 1 is 0.946 bits per heavy atom. The van der Waals surface area contributed by atoms with Crippen LogP contribution in [0, 0.1) is 6.92 Å². The Morgan fingerprint density at radius 3 is 2.62 bits per heavy atom. The number of imidazole rings is 1. The summed E-state index contributed by atoms with van der Waals surface area (Å²) in [7, 11) is 0. The molecule has 5 aromatic rings. The number of amides is 1. The summed E-state index contributed by atoms with van der Waals surface area (Å²) in [5.41, 5.74) is 5.04. The van der Waals surface area contributed by atoms with Crippen molar-refractivity contribution in [2.75, 3.05) is 0 Å². The van der Waals surface area contributed by atoms with Crippen molar-refractivity contribution >= 4 is 11.6 Å². The third-order valence-electron chi connectivity index (χ3n) is 6.05. The second-order valence-corrected chi connectivity index (χ2v) is 8.82. The number of nitrogens with one attached hydrogen (secondary N) is 1. The SMILES string of the molecule is Cc1cccn2cc(COc3ccccc3C(=O)NC(C)c3cccc(OCc4ccccn4)c3)nc12. The quantitative estimate of drug-likeness (QED) is 0.286. The number of benzene rings is 2. The van der Waals surface area contributed by atoms with Crippen molar-refractivity contribution in [2.45, 2.75) is 33.1 Å². The van der Waals surface area contributed by atoms with Crippen LogP contribution in [0.25, 0.3) is 5.65 Å². The number of pyridine rings is 2. The number of ether oxygens (including phenoxy) is 2. The standard InChI is InChI=1S/C30H28N4O3/c1-21-9-8-16-34-18-25(33-29(21)34)20-37-28-14-4-3-13-27(28)30(35)32-22(2)23-10-7-12-26(17-23)36-19-24-11-5-6-15-31-24/h3-18,22H,19-20H2,1-2H3,(H,32,35). The second-order valence-electron chi connectivity index (χ2n) is 8.82. The largest absolute Gasteiger partial charge is 0.487 e. The van der Waals surface area contributed by atoms with Crippen molar-refractivity contribution in [3.8, 4) is 11.5 Å². The number of aromatic nitrogens is 3.